The van der Waals surface area contributed by atoms with Crippen molar-refractivity contribution in [2.75, 3.05) is 14.2 Å². The monoisotopic (exact) mass is 564 g/mol. The number of methoxy groups -OCH3 is 2. The largest absolute Gasteiger partial charge is 0.507 e. The SMILES string of the molecule is COC(=O)c1cc2cc(C(=O)N[C]3C=C[C](NC(=O)c4ccc5cc(O)c(C(=O)OC)cc5c4)C=C3)ccc2cc1O. The van der Waals surface area contributed by atoms with E-state index in [4.69, 9.17) is 9.47 Å². The van der Waals surface area contributed by atoms with Gasteiger partial charge in [-0.3, -0.25) is 9.59 Å². The first-order valence-corrected chi connectivity index (χ1v) is 12.6. The maximum absolute atomic E-state index is 12.9. The minimum Gasteiger partial charge on any atom is -0.507 e. The van der Waals surface area contributed by atoms with Crippen LogP contribution in [0.5, 0.6) is 11.5 Å². The highest BCUT2D eigenvalue weighted by Crippen LogP contribution is 2.28. The molecule has 10 heteroatoms. The number of nitrogens with one attached hydrogen (secondary N) is 2. The number of rotatable bonds is 6. The van der Waals surface area contributed by atoms with Crippen LogP contribution in [0.25, 0.3) is 21.5 Å². The highest BCUT2D eigenvalue weighted by atomic mass is 16.5. The molecule has 0 fully saturated rings. The van der Waals surface area contributed by atoms with Gasteiger partial charge in [0.15, 0.2) is 0 Å². The zero-order valence-electron chi connectivity index (χ0n) is 22.4. The van der Waals surface area contributed by atoms with Gasteiger partial charge in [0.2, 0.25) is 0 Å². The maximum atomic E-state index is 12.9. The van der Waals surface area contributed by atoms with Crippen molar-refractivity contribution in [3.05, 3.63) is 119 Å². The van der Waals surface area contributed by atoms with Crippen molar-refractivity contribution in [1.29, 1.82) is 0 Å². The van der Waals surface area contributed by atoms with Crippen LogP contribution in [0, 0.1) is 12.1 Å². The Hall–Kier alpha value is -5.64. The van der Waals surface area contributed by atoms with Crippen molar-refractivity contribution in [3.63, 3.8) is 0 Å². The summed E-state index contributed by atoms with van der Waals surface area (Å²) in [5.41, 5.74) is 0.658. The average molecular weight is 565 g/mol. The Morgan fingerprint density at radius 1 is 0.548 bits per heavy atom. The molecule has 0 bridgehead atoms. The van der Waals surface area contributed by atoms with E-state index in [2.05, 4.69) is 10.6 Å². The van der Waals surface area contributed by atoms with Gasteiger partial charge >= 0.3 is 11.9 Å². The zero-order chi connectivity index (χ0) is 30.0. The van der Waals surface area contributed by atoms with Gasteiger partial charge in [-0.2, -0.15) is 0 Å². The summed E-state index contributed by atoms with van der Waals surface area (Å²) in [7, 11) is 2.43. The molecule has 1 aliphatic carbocycles. The van der Waals surface area contributed by atoms with E-state index in [1.165, 1.54) is 38.5 Å². The highest BCUT2D eigenvalue weighted by molar-refractivity contribution is 6.04. The average Bonchev–Trinajstić information content (AvgIpc) is 3.00. The van der Waals surface area contributed by atoms with Crippen LogP contribution in [0.4, 0.5) is 0 Å². The van der Waals surface area contributed by atoms with E-state index in [9.17, 15) is 29.4 Å². The third kappa shape index (κ3) is 5.64. The maximum Gasteiger partial charge on any atom is 0.341 e. The zero-order valence-corrected chi connectivity index (χ0v) is 22.4. The van der Waals surface area contributed by atoms with Crippen LogP contribution in [0.2, 0.25) is 0 Å². The number of carbonyl (C=O) groups excluding carboxylic acids is 4. The molecule has 0 spiro atoms. The topological polar surface area (TPSA) is 151 Å². The summed E-state index contributed by atoms with van der Waals surface area (Å²) in [5, 5.41) is 28.2. The molecule has 0 atom stereocenters. The Morgan fingerprint density at radius 3 is 1.29 bits per heavy atom. The van der Waals surface area contributed by atoms with Crippen LogP contribution in [-0.4, -0.2) is 48.2 Å². The van der Waals surface area contributed by atoms with Gasteiger partial charge in [-0.1, -0.05) is 36.4 Å². The molecule has 2 radical (unpaired) electrons. The highest BCUT2D eigenvalue weighted by Gasteiger charge is 2.19. The normalized spacial score (nSPS) is 13.2. The fourth-order valence-electron chi connectivity index (χ4n) is 4.44. The van der Waals surface area contributed by atoms with Crippen molar-refractivity contribution >= 4 is 45.3 Å². The predicted molar refractivity (Wildman–Crippen MR) is 154 cm³/mol. The molecule has 4 aromatic carbocycles. The second kappa shape index (κ2) is 11.5. The first-order chi connectivity index (χ1) is 20.2. The Bertz CT molecular complexity index is 1680. The number of hydrogen-bond donors (Lipinski definition) is 4. The summed E-state index contributed by atoms with van der Waals surface area (Å²) in [4.78, 5) is 49.6. The van der Waals surface area contributed by atoms with Crippen molar-refractivity contribution < 1.29 is 38.9 Å². The second-order valence-electron chi connectivity index (χ2n) is 9.33. The first-order valence-electron chi connectivity index (χ1n) is 12.6. The number of benzene rings is 4. The summed E-state index contributed by atoms with van der Waals surface area (Å²) < 4.78 is 9.38. The fourth-order valence-corrected chi connectivity index (χ4v) is 4.44. The van der Waals surface area contributed by atoms with Gasteiger partial charge in [0.25, 0.3) is 11.8 Å². The van der Waals surface area contributed by atoms with E-state index < -0.39 is 23.8 Å². The van der Waals surface area contributed by atoms with E-state index in [0.29, 0.717) is 44.8 Å². The summed E-state index contributed by atoms with van der Waals surface area (Å²) in [6.07, 6.45) is 6.53. The van der Waals surface area contributed by atoms with Crippen molar-refractivity contribution in [1.82, 2.24) is 10.6 Å². The lowest BCUT2D eigenvalue weighted by Crippen LogP contribution is -2.30. The quantitative estimate of drug-likeness (QED) is 0.253. The molecular formula is C32H24N2O8. The summed E-state index contributed by atoms with van der Waals surface area (Å²) in [6, 6.07) is 16.5. The Morgan fingerprint density at radius 2 is 0.929 bits per heavy atom. The minimum absolute atomic E-state index is 0.00544. The van der Waals surface area contributed by atoms with Gasteiger partial charge in [-0.25, -0.2) is 9.59 Å². The van der Waals surface area contributed by atoms with Gasteiger partial charge < -0.3 is 30.3 Å². The number of phenols is 2. The molecule has 42 heavy (non-hydrogen) atoms. The number of hydrogen-bond acceptors (Lipinski definition) is 8. The number of aromatic hydroxyl groups is 2. The van der Waals surface area contributed by atoms with E-state index in [-0.39, 0.29) is 22.6 Å². The molecule has 10 nitrogen and oxygen atoms in total. The van der Waals surface area contributed by atoms with Gasteiger partial charge in [0.05, 0.1) is 14.2 Å². The number of ether oxygens (including phenoxy) is 2. The number of amides is 2. The lowest BCUT2D eigenvalue weighted by atomic mass is 10.0. The summed E-state index contributed by atoms with van der Waals surface area (Å²) in [6.45, 7) is 0. The van der Waals surface area contributed by atoms with Crippen molar-refractivity contribution in [2.24, 2.45) is 0 Å². The van der Waals surface area contributed by atoms with Gasteiger partial charge in [-0.05, 0) is 70.1 Å². The fraction of sp³-hybridized carbons (Fsp3) is 0.0625. The Balaban J connectivity index is 1.23. The van der Waals surface area contributed by atoms with Crippen LogP contribution in [-0.2, 0) is 9.47 Å². The molecule has 1 aliphatic rings. The summed E-state index contributed by atoms with van der Waals surface area (Å²) >= 11 is 0. The lowest BCUT2D eigenvalue weighted by Gasteiger charge is -2.18. The lowest BCUT2D eigenvalue weighted by molar-refractivity contribution is 0.0588. The molecule has 2 amide bonds. The Labute approximate surface area is 239 Å². The number of fused-ring (bicyclic) bond motifs is 2. The molecule has 4 N–H and O–H groups in total. The third-order valence-electron chi connectivity index (χ3n) is 6.65. The second-order valence-corrected chi connectivity index (χ2v) is 9.33. The van der Waals surface area contributed by atoms with Crippen LogP contribution in [0.15, 0.2) is 85.0 Å². The van der Waals surface area contributed by atoms with E-state index in [0.717, 1.165) is 0 Å². The smallest absolute Gasteiger partial charge is 0.341 e. The molecule has 5 rings (SSSR count). The van der Waals surface area contributed by atoms with E-state index in [1.807, 2.05) is 0 Å². The third-order valence-corrected chi connectivity index (χ3v) is 6.65. The minimum atomic E-state index is -0.690. The number of esters is 2. The molecule has 0 saturated carbocycles. The number of carbonyl (C=O) groups is 4. The van der Waals surface area contributed by atoms with E-state index >= 15 is 0 Å². The molecule has 0 unspecified atom stereocenters. The van der Waals surface area contributed by atoms with Gasteiger partial charge in [-0.15, -0.1) is 0 Å². The molecule has 210 valence electrons. The van der Waals surface area contributed by atoms with Crippen molar-refractivity contribution in [2.45, 2.75) is 0 Å². The molecule has 0 aromatic heterocycles. The van der Waals surface area contributed by atoms with E-state index in [1.54, 1.807) is 60.7 Å². The standard InChI is InChI=1S/C32H24N2O8/c1-41-31(39)25-13-21-11-19(5-3-17(21)15-27(25)35)29(37)33-23-7-9-24(10-8-23)34-30(38)20-6-4-18-16-28(36)26(32(40)42-2)14-22(18)12-20/h3-16,35-36H,1-2H3,(H,33,37)(H,34,38). The van der Waals surface area contributed by atoms with Crippen LogP contribution < -0.4 is 10.6 Å². The van der Waals surface area contributed by atoms with Crippen LogP contribution in [0.3, 0.4) is 0 Å². The summed E-state index contributed by atoms with van der Waals surface area (Å²) in [5.74, 6) is -2.60. The Kier molecular flexibility index (Phi) is 7.61. The molecule has 4 aromatic rings. The molecular weight excluding hydrogens is 540 g/mol. The molecule has 0 aliphatic heterocycles. The molecule has 0 heterocycles. The predicted octanol–water partition coefficient (Wildman–Crippen LogP) is 4.33. The van der Waals surface area contributed by atoms with Crippen LogP contribution >= 0.6 is 0 Å². The molecule has 0 saturated heterocycles. The van der Waals surface area contributed by atoms with Crippen LogP contribution in [0.1, 0.15) is 41.4 Å². The van der Waals surface area contributed by atoms with Gasteiger partial charge in [0, 0.05) is 11.1 Å². The van der Waals surface area contributed by atoms with Crippen molar-refractivity contribution in [3.8, 4) is 11.5 Å². The first kappa shape index (κ1) is 27.9. The van der Waals surface area contributed by atoms with Gasteiger partial charge in [0.1, 0.15) is 34.7 Å². The number of phenolic OH excluding ortho intramolecular Hbond substituents is 2.